The molecule has 0 unspecified atom stereocenters. The molecule has 0 bridgehead atoms. The van der Waals surface area contributed by atoms with E-state index < -0.39 is 5.97 Å². The molecule has 0 fully saturated rings. The van der Waals surface area contributed by atoms with Crippen molar-refractivity contribution >= 4 is 27.9 Å². The van der Waals surface area contributed by atoms with Crippen LogP contribution in [0.3, 0.4) is 0 Å². The van der Waals surface area contributed by atoms with Gasteiger partial charge in [0.1, 0.15) is 6.61 Å². The summed E-state index contributed by atoms with van der Waals surface area (Å²) in [7, 11) is 0. The quantitative estimate of drug-likeness (QED) is 0.712. The van der Waals surface area contributed by atoms with Crippen LogP contribution in [0.25, 0.3) is 0 Å². The van der Waals surface area contributed by atoms with Gasteiger partial charge in [0.25, 0.3) is 0 Å². The highest BCUT2D eigenvalue weighted by Gasteiger charge is 2.10. The maximum atomic E-state index is 11.5. The number of esters is 2. The van der Waals surface area contributed by atoms with E-state index in [0.717, 1.165) is 10.0 Å². The summed E-state index contributed by atoms with van der Waals surface area (Å²) in [5.41, 5.74) is 0.906. The van der Waals surface area contributed by atoms with E-state index in [1.54, 1.807) is 0 Å². The highest BCUT2D eigenvalue weighted by molar-refractivity contribution is 9.10. The molecule has 4 nitrogen and oxygen atoms in total. The minimum absolute atomic E-state index is 0.0491. The van der Waals surface area contributed by atoms with Crippen LogP contribution >= 0.6 is 15.9 Å². The van der Waals surface area contributed by atoms with Gasteiger partial charge in [-0.3, -0.25) is 9.59 Å². The van der Waals surface area contributed by atoms with Gasteiger partial charge < -0.3 is 9.47 Å². The highest BCUT2D eigenvalue weighted by atomic mass is 79.9. The molecule has 1 aromatic rings. The summed E-state index contributed by atoms with van der Waals surface area (Å²) < 4.78 is 11.0. The van der Waals surface area contributed by atoms with Crippen LogP contribution < -0.4 is 0 Å². The predicted molar refractivity (Wildman–Crippen MR) is 79.0 cm³/mol. The number of hydrogen-bond donors (Lipinski definition) is 0. The Hall–Kier alpha value is -1.36. The van der Waals surface area contributed by atoms with Gasteiger partial charge in [0.05, 0.1) is 19.4 Å². The van der Waals surface area contributed by atoms with Gasteiger partial charge in [-0.25, -0.2) is 0 Å². The lowest BCUT2D eigenvalue weighted by Gasteiger charge is -2.07. The number of ether oxygens (including phenoxy) is 2. The highest BCUT2D eigenvalue weighted by Crippen LogP contribution is 2.11. The topological polar surface area (TPSA) is 52.6 Å². The van der Waals surface area contributed by atoms with Crippen LogP contribution in [0.2, 0.25) is 0 Å². The maximum Gasteiger partial charge on any atom is 0.306 e. The molecular formula is C15H19BrO4. The number of carbonyl (C=O) groups excluding carboxylic acids is 2. The molecule has 0 saturated carbocycles. The zero-order valence-corrected chi connectivity index (χ0v) is 13.3. The van der Waals surface area contributed by atoms with Crippen molar-refractivity contribution in [3.05, 3.63) is 34.3 Å². The lowest BCUT2D eigenvalue weighted by Crippen LogP contribution is -2.12. The van der Waals surface area contributed by atoms with Crippen LogP contribution in [0.1, 0.15) is 32.3 Å². The maximum absolute atomic E-state index is 11.5. The van der Waals surface area contributed by atoms with E-state index in [0.29, 0.717) is 12.5 Å². The molecule has 110 valence electrons. The second kappa shape index (κ2) is 8.74. The van der Waals surface area contributed by atoms with Crippen molar-refractivity contribution in [3.63, 3.8) is 0 Å². The van der Waals surface area contributed by atoms with Gasteiger partial charge in [0, 0.05) is 4.47 Å². The number of hydrogen-bond acceptors (Lipinski definition) is 4. The molecule has 0 aliphatic carbocycles. The average Bonchev–Trinajstić information content (AvgIpc) is 2.42. The molecule has 0 amide bonds. The van der Waals surface area contributed by atoms with Crippen LogP contribution in [-0.2, 0) is 25.7 Å². The lowest BCUT2D eigenvalue weighted by atomic mass is 10.2. The summed E-state index contributed by atoms with van der Waals surface area (Å²) in [5, 5.41) is 0. The van der Waals surface area contributed by atoms with E-state index >= 15 is 0 Å². The molecular weight excluding hydrogens is 324 g/mol. The van der Waals surface area contributed by atoms with Gasteiger partial charge in [-0.2, -0.15) is 0 Å². The van der Waals surface area contributed by atoms with Crippen molar-refractivity contribution in [3.8, 4) is 0 Å². The van der Waals surface area contributed by atoms with Crippen LogP contribution in [0.15, 0.2) is 28.7 Å². The zero-order chi connectivity index (χ0) is 15.0. The van der Waals surface area contributed by atoms with E-state index in [1.807, 2.05) is 38.1 Å². The molecule has 0 aliphatic rings. The van der Waals surface area contributed by atoms with Gasteiger partial charge in [-0.05, 0) is 23.6 Å². The Balaban J connectivity index is 2.20. The third-order valence-corrected chi connectivity index (χ3v) is 2.95. The molecule has 0 heterocycles. The second-order valence-electron chi connectivity index (χ2n) is 4.86. The van der Waals surface area contributed by atoms with Crippen molar-refractivity contribution in [1.29, 1.82) is 0 Å². The van der Waals surface area contributed by atoms with Gasteiger partial charge in [0.2, 0.25) is 0 Å². The van der Waals surface area contributed by atoms with Gasteiger partial charge in [-0.1, -0.05) is 41.9 Å². The van der Waals surface area contributed by atoms with Crippen LogP contribution in [0.5, 0.6) is 0 Å². The number of rotatable bonds is 7. The molecule has 0 atom stereocenters. The molecule has 0 N–H and O–H groups in total. The smallest absolute Gasteiger partial charge is 0.306 e. The van der Waals surface area contributed by atoms with Gasteiger partial charge in [-0.15, -0.1) is 0 Å². The Bertz CT molecular complexity index is 440. The lowest BCUT2D eigenvalue weighted by molar-refractivity contribution is -0.151. The first-order chi connectivity index (χ1) is 9.47. The first-order valence-electron chi connectivity index (χ1n) is 6.53. The van der Waals surface area contributed by atoms with Crippen molar-refractivity contribution in [1.82, 2.24) is 0 Å². The summed E-state index contributed by atoms with van der Waals surface area (Å²) in [4.78, 5) is 22.8. The van der Waals surface area contributed by atoms with Crippen molar-refractivity contribution in [2.45, 2.75) is 33.3 Å². The Labute approximate surface area is 127 Å². The molecule has 0 radical (unpaired) electrons. The largest absolute Gasteiger partial charge is 0.465 e. The van der Waals surface area contributed by atoms with Crippen LogP contribution in [0.4, 0.5) is 0 Å². The van der Waals surface area contributed by atoms with E-state index in [1.165, 1.54) is 0 Å². The summed E-state index contributed by atoms with van der Waals surface area (Å²) in [5.74, 6) is -0.461. The van der Waals surface area contributed by atoms with Gasteiger partial charge in [0.15, 0.2) is 0 Å². The molecule has 1 aromatic carbocycles. The molecule has 0 aromatic heterocycles. The molecule has 1 rings (SSSR count). The van der Waals surface area contributed by atoms with E-state index in [-0.39, 0.29) is 25.4 Å². The standard InChI is InChI=1S/C15H19BrO4/c1-11(2)9-19-14(17)7-8-15(18)20-10-12-3-5-13(16)6-4-12/h3-6,11H,7-10H2,1-2H3. The number of carbonyl (C=O) groups is 2. The zero-order valence-electron chi connectivity index (χ0n) is 11.7. The Morgan fingerprint density at radius 1 is 1.05 bits per heavy atom. The van der Waals surface area contributed by atoms with Crippen molar-refractivity contribution in [2.75, 3.05) is 6.61 Å². The van der Waals surface area contributed by atoms with E-state index in [9.17, 15) is 9.59 Å². The van der Waals surface area contributed by atoms with E-state index in [4.69, 9.17) is 9.47 Å². The molecule has 5 heteroatoms. The first kappa shape index (κ1) is 16.7. The average molecular weight is 343 g/mol. The third kappa shape index (κ3) is 7.28. The van der Waals surface area contributed by atoms with Crippen LogP contribution in [-0.4, -0.2) is 18.5 Å². The summed E-state index contributed by atoms with van der Waals surface area (Å²) in [6, 6.07) is 7.50. The molecule has 0 aliphatic heterocycles. The fourth-order valence-corrected chi connectivity index (χ4v) is 1.62. The molecule has 20 heavy (non-hydrogen) atoms. The number of halogens is 1. The minimum Gasteiger partial charge on any atom is -0.465 e. The number of benzene rings is 1. The van der Waals surface area contributed by atoms with Crippen LogP contribution in [0, 0.1) is 5.92 Å². The normalized spacial score (nSPS) is 10.4. The summed E-state index contributed by atoms with van der Waals surface area (Å²) in [6.07, 6.45) is 0.110. The predicted octanol–water partition coefficient (Wildman–Crippen LogP) is 3.47. The monoisotopic (exact) mass is 342 g/mol. The Morgan fingerprint density at radius 3 is 2.15 bits per heavy atom. The SMILES string of the molecule is CC(C)COC(=O)CCC(=O)OCc1ccc(Br)cc1. The fraction of sp³-hybridized carbons (Fsp3) is 0.467. The summed E-state index contributed by atoms with van der Waals surface area (Å²) in [6.45, 7) is 4.51. The van der Waals surface area contributed by atoms with Gasteiger partial charge >= 0.3 is 11.9 Å². The van der Waals surface area contributed by atoms with Crippen molar-refractivity contribution < 1.29 is 19.1 Å². The van der Waals surface area contributed by atoms with E-state index in [2.05, 4.69) is 15.9 Å². The minimum atomic E-state index is -0.394. The first-order valence-corrected chi connectivity index (χ1v) is 7.32. The second-order valence-corrected chi connectivity index (χ2v) is 5.78. The summed E-state index contributed by atoms with van der Waals surface area (Å²) >= 11 is 3.33. The van der Waals surface area contributed by atoms with Crippen molar-refractivity contribution in [2.24, 2.45) is 5.92 Å². The molecule has 0 saturated heterocycles. The molecule has 0 spiro atoms. The third-order valence-electron chi connectivity index (χ3n) is 2.42. The Kier molecular flexibility index (Phi) is 7.30. The Morgan fingerprint density at radius 2 is 1.60 bits per heavy atom. The fourth-order valence-electron chi connectivity index (χ4n) is 1.35.